The molecular formula is C18H25F2N3O7. The van der Waals surface area contributed by atoms with Crippen LogP contribution in [-0.2, 0) is 19.1 Å². The molecule has 0 radical (unpaired) electrons. The fourth-order valence-electron chi connectivity index (χ4n) is 2.60. The first-order valence-electron chi connectivity index (χ1n) is 9.26. The van der Waals surface area contributed by atoms with Gasteiger partial charge >= 0.3 is 17.6 Å². The molecule has 1 aliphatic rings. The third kappa shape index (κ3) is 5.37. The van der Waals surface area contributed by atoms with Gasteiger partial charge < -0.3 is 25.0 Å². The molecule has 0 aliphatic carbocycles. The maximum absolute atomic E-state index is 14.1. The van der Waals surface area contributed by atoms with E-state index in [1.165, 1.54) is 0 Å². The maximum atomic E-state index is 14.1. The molecule has 0 bridgehead atoms. The predicted molar refractivity (Wildman–Crippen MR) is 98.7 cm³/mol. The van der Waals surface area contributed by atoms with Crippen molar-refractivity contribution in [1.82, 2.24) is 9.55 Å². The van der Waals surface area contributed by atoms with Crippen molar-refractivity contribution >= 4 is 17.7 Å². The van der Waals surface area contributed by atoms with Crippen molar-refractivity contribution < 1.29 is 38.1 Å². The summed E-state index contributed by atoms with van der Waals surface area (Å²) in [5.41, 5.74) is -1.79. The summed E-state index contributed by atoms with van der Waals surface area (Å²) in [6.07, 6.45) is -4.81. The number of hydrogen-bond acceptors (Lipinski definition) is 8. The number of aromatic nitrogens is 2. The molecule has 3 atom stereocenters. The van der Waals surface area contributed by atoms with Crippen molar-refractivity contribution in [3.8, 4) is 0 Å². The Morgan fingerprint density at radius 1 is 1.40 bits per heavy atom. The molecule has 0 unspecified atom stereocenters. The highest BCUT2D eigenvalue weighted by Crippen LogP contribution is 2.41. The molecule has 0 saturated carbocycles. The number of nitrogens with one attached hydrogen (secondary N) is 1. The fraction of sp³-hybridized carbons (Fsp3) is 0.667. The van der Waals surface area contributed by atoms with Crippen LogP contribution in [0.3, 0.4) is 0 Å². The summed E-state index contributed by atoms with van der Waals surface area (Å²) in [7, 11) is 0. The number of hydrogen-bond donors (Lipinski definition) is 3. The van der Waals surface area contributed by atoms with Gasteiger partial charge in [-0.1, -0.05) is 0 Å². The van der Waals surface area contributed by atoms with Crippen molar-refractivity contribution in [2.24, 2.45) is 5.41 Å². The van der Waals surface area contributed by atoms with Crippen LogP contribution in [0, 0.1) is 5.41 Å². The van der Waals surface area contributed by atoms with Gasteiger partial charge in [-0.3, -0.25) is 14.2 Å². The molecule has 1 aromatic heterocycles. The quantitative estimate of drug-likeness (QED) is 0.416. The van der Waals surface area contributed by atoms with Crippen molar-refractivity contribution in [3.63, 3.8) is 0 Å². The third-order valence-corrected chi connectivity index (χ3v) is 4.30. The van der Waals surface area contributed by atoms with E-state index in [0.717, 1.165) is 12.3 Å². The Morgan fingerprint density at radius 2 is 2.07 bits per heavy atom. The standard InChI is InChI=1S/C18H25F2N3O7/c1-17(2,3)15(27)29-8-4-5-12(25)21-11-6-7-23(16(28)22-11)14-18(19,20)13(26)10(9-24)30-14/h6-7,10,13-14,24,26H,4-5,8-9H2,1-3H3,(H,21,22,25,28)/t10-,13-,14-/m1/s1. The Kier molecular flexibility index (Phi) is 7.27. The number of ether oxygens (including phenoxy) is 2. The van der Waals surface area contributed by atoms with Crippen molar-refractivity contribution in [2.75, 3.05) is 18.5 Å². The van der Waals surface area contributed by atoms with E-state index in [-0.39, 0.29) is 25.3 Å². The number of esters is 1. The van der Waals surface area contributed by atoms with Crippen LogP contribution in [0.15, 0.2) is 17.1 Å². The van der Waals surface area contributed by atoms with Gasteiger partial charge in [-0.15, -0.1) is 0 Å². The predicted octanol–water partition coefficient (Wildman–Crippen LogP) is 0.437. The molecule has 0 spiro atoms. The van der Waals surface area contributed by atoms with Crippen molar-refractivity contribution in [1.29, 1.82) is 0 Å². The number of anilines is 1. The van der Waals surface area contributed by atoms with Crippen LogP contribution in [0.5, 0.6) is 0 Å². The zero-order valence-corrected chi connectivity index (χ0v) is 16.8. The van der Waals surface area contributed by atoms with E-state index in [2.05, 4.69) is 10.3 Å². The van der Waals surface area contributed by atoms with Gasteiger partial charge in [0.05, 0.1) is 18.6 Å². The number of nitrogens with zero attached hydrogens (tertiary/aromatic N) is 2. The first kappa shape index (κ1) is 23.8. The molecule has 1 fully saturated rings. The number of alkyl halides is 2. The summed E-state index contributed by atoms with van der Waals surface area (Å²) in [4.78, 5) is 39.2. The van der Waals surface area contributed by atoms with Crippen molar-refractivity contribution in [3.05, 3.63) is 22.7 Å². The number of carbonyl (C=O) groups is 2. The Morgan fingerprint density at radius 3 is 2.60 bits per heavy atom. The minimum atomic E-state index is -3.83. The summed E-state index contributed by atoms with van der Waals surface area (Å²) >= 11 is 0. The third-order valence-electron chi connectivity index (χ3n) is 4.30. The number of rotatable bonds is 7. The van der Waals surface area contributed by atoms with Gasteiger partial charge in [0.25, 0.3) is 0 Å². The summed E-state index contributed by atoms with van der Waals surface area (Å²) in [5.74, 6) is -4.89. The summed E-state index contributed by atoms with van der Waals surface area (Å²) in [6.45, 7) is 4.29. The molecule has 1 amide bonds. The zero-order valence-electron chi connectivity index (χ0n) is 16.8. The van der Waals surface area contributed by atoms with E-state index < -0.39 is 53.9 Å². The smallest absolute Gasteiger partial charge is 0.351 e. The minimum Gasteiger partial charge on any atom is -0.465 e. The highest BCUT2D eigenvalue weighted by atomic mass is 19.3. The fourth-order valence-corrected chi connectivity index (χ4v) is 2.60. The summed E-state index contributed by atoms with van der Waals surface area (Å²) in [5, 5.41) is 20.9. The van der Waals surface area contributed by atoms with Crippen LogP contribution in [0.25, 0.3) is 0 Å². The molecule has 1 aliphatic heterocycles. The molecule has 1 aromatic rings. The van der Waals surface area contributed by atoms with Crippen LogP contribution >= 0.6 is 0 Å². The van der Waals surface area contributed by atoms with Crippen molar-refractivity contribution in [2.45, 2.75) is 58.0 Å². The molecule has 12 heteroatoms. The van der Waals surface area contributed by atoms with Gasteiger partial charge in [0.2, 0.25) is 12.1 Å². The second-order valence-electron chi connectivity index (χ2n) is 7.87. The molecule has 10 nitrogen and oxygen atoms in total. The van der Waals surface area contributed by atoms with Crippen LogP contribution in [-0.4, -0.2) is 63.0 Å². The Bertz CT molecular complexity index is 838. The lowest BCUT2D eigenvalue weighted by molar-refractivity contribution is -0.153. The summed E-state index contributed by atoms with van der Waals surface area (Å²) < 4.78 is 38.7. The van der Waals surface area contributed by atoms with E-state index in [4.69, 9.17) is 14.6 Å². The lowest BCUT2D eigenvalue weighted by Gasteiger charge is -2.21. The van der Waals surface area contributed by atoms with Gasteiger partial charge in [0, 0.05) is 12.6 Å². The molecule has 1 saturated heterocycles. The Balaban J connectivity index is 1.94. The van der Waals surface area contributed by atoms with Gasteiger partial charge in [-0.2, -0.15) is 13.8 Å². The number of carbonyl (C=O) groups excluding carboxylic acids is 2. The molecule has 0 aromatic carbocycles. The van der Waals surface area contributed by atoms with Crippen LogP contribution < -0.4 is 11.0 Å². The van der Waals surface area contributed by atoms with E-state index in [1.54, 1.807) is 20.8 Å². The number of amides is 1. The Labute approximate surface area is 170 Å². The normalized spacial score (nSPS) is 23.2. The first-order valence-corrected chi connectivity index (χ1v) is 9.26. The van der Waals surface area contributed by atoms with Crippen LogP contribution in [0.2, 0.25) is 0 Å². The average Bonchev–Trinajstić information content (AvgIpc) is 2.87. The van der Waals surface area contributed by atoms with Crippen LogP contribution in [0.4, 0.5) is 14.6 Å². The van der Waals surface area contributed by atoms with E-state index in [9.17, 15) is 28.3 Å². The van der Waals surface area contributed by atoms with Gasteiger partial charge in [-0.25, -0.2) is 4.79 Å². The zero-order chi connectivity index (χ0) is 22.7. The lowest BCUT2D eigenvalue weighted by Crippen LogP contribution is -2.41. The van der Waals surface area contributed by atoms with E-state index in [0.29, 0.717) is 4.57 Å². The maximum Gasteiger partial charge on any atom is 0.351 e. The number of halogens is 2. The lowest BCUT2D eigenvalue weighted by atomic mass is 9.97. The molecule has 168 valence electrons. The Hall–Kier alpha value is -2.44. The molecule has 2 heterocycles. The minimum absolute atomic E-state index is 0.0175. The van der Waals surface area contributed by atoms with Crippen LogP contribution in [0.1, 0.15) is 39.8 Å². The molecule has 30 heavy (non-hydrogen) atoms. The first-order chi connectivity index (χ1) is 13.9. The highest BCUT2D eigenvalue weighted by molar-refractivity contribution is 5.89. The van der Waals surface area contributed by atoms with Gasteiger partial charge in [0.15, 0.2) is 6.10 Å². The largest absolute Gasteiger partial charge is 0.465 e. The van der Waals surface area contributed by atoms with E-state index >= 15 is 0 Å². The topological polar surface area (TPSA) is 140 Å². The SMILES string of the molecule is CC(C)(C)C(=O)OCCCC(=O)Nc1ccn([C@@H]2O[C@H](CO)[C@@H](O)C2(F)F)c(=O)n1. The second kappa shape index (κ2) is 9.14. The second-order valence-corrected chi connectivity index (χ2v) is 7.87. The highest BCUT2D eigenvalue weighted by Gasteiger charge is 2.59. The average molecular weight is 433 g/mol. The summed E-state index contributed by atoms with van der Waals surface area (Å²) in [6, 6.07) is 1.12. The molecule has 2 rings (SSSR count). The monoisotopic (exact) mass is 433 g/mol. The van der Waals surface area contributed by atoms with E-state index in [1.807, 2.05) is 0 Å². The number of aliphatic hydroxyl groups is 2. The number of aliphatic hydroxyl groups excluding tert-OH is 2. The van der Waals surface area contributed by atoms with Gasteiger partial charge in [0.1, 0.15) is 11.9 Å². The van der Waals surface area contributed by atoms with Gasteiger partial charge in [-0.05, 0) is 33.3 Å². The molecule has 3 N–H and O–H groups in total. The molecular weight excluding hydrogens is 408 g/mol.